The molecular weight excluding hydrogens is 458 g/mol. The van der Waals surface area contributed by atoms with Gasteiger partial charge in [-0.05, 0) is 86.6 Å². The van der Waals surface area contributed by atoms with Crippen molar-refractivity contribution in [2.24, 2.45) is 7.05 Å². The highest BCUT2D eigenvalue weighted by Crippen LogP contribution is 2.18. The van der Waals surface area contributed by atoms with E-state index in [2.05, 4.69) is 22.9 Å². The predicted octanol–water partition coefficient (Wildman–Crippen LogP) is 5.16. The second-order valence-corrected chi connectivity index (χ2v) is 8.76. The van der Waals surface area contributed by atoms with Crippen LogP contribution in [0.1, 0.15) is 27.2 Å². The van der Waals surface area contributed by atoms with Crippen LogP contribution in [0.5, 0.6) is 0 Å². The van der Waals surface area contributed by atoms with Gasteiger partial charge in [0.05, 0.1) is 11.4 Å². The van der Waals surface area contributed by atoms with Crippen LogP contribution in [0.25, 0.3) is 5.69 Å². The second kappa shape index (κ2) is 9.99. The van der Waals surface area contributed by atoms with Gasteiger partial charge in [0.1, 0.15) is 5.69 Å². The van der Waals surface area contributed by atoms with E-state index in [9.17, 15) is 9.59 Å². The first-order valence-electron chi connectivity index (χ1n) is 11.2. The predicted molar refractivity (Wildman–Crippen MR) is 146 cm³/mol. The molecule has 0 bridgehead atoms. The van der Waals surface area contributed by atoms with Crippen LogP contribution in [0.2, 0.25) is 0 Å². The van der Waals surface area contributed by atoms with Crippen LogP contribution in [-0.2, 0) is 7.05 Å². The molecule has 8 heteroatoms. The fourth-order valence-electron chi connectivity index (χ4n) is 3.75. The Bertz CT molecular complexity index is 1470. The lowest BCUT2D eigenvalue weighted by Gasteiger charge is -2.12. The van der Waals surface area contributed by atoms with Crippen molar-refractivity contribution in [2.45, 2.75) is 20.8 Å². The lowest BCUT2D eigenvalue weighted by Crippen LogP contribution is -2.23. The van der Waals surface area contributed by atoms with Gasteiger partial charge in [0, 0.05) is 24.0 Å². The van der Waals surface area contributed by atoms with Crippen LogP contribution < -0.4 is 21.5 Å². The molecule has 0 atom stereocenters. The molecular formula is C27H27N5O2S. The van der Waals surface area contributed by atoms with Gasteiger partial charge in [-0.25, -0.2) is 4.68 Å². The van der Waals surface area contributed by atoms with Gasteiger partial charge in [0.2, 0.25) is 0 Å². The summed E-state index contributed by atoms with van der Waals surface area (Å²) in [7, 11) is 1.79. The van der Waals surface area contributed by atoms with Gasteiger partial charge in [-0.1, -0.05) is 30.3 Å². The highest BCUT2D eigenvalue weighted by Gasteiger charge is 2.19. The van der Waals surface area contributed by atoms with Crippen molar-refractivity contribution in [3.63, 3.8) is 0 Å². The highest BCUT2D eigenvalue weighted by atomic mass is 32.1. The average molecular weight is 486 g/mol. The molecule has 0 saturated heterocycles. The van der Waals surface area contributed by atoms with Crippen molar-refractivity contribution in [2.75, 3.05) is 16.0 Å². The van der Waals surface area contributed by atoms with Crippen molar-refractivity contribution in [1.29, 1.82) is 0 Å². The third-order valence-electron chi connectivity index (χ3n) is 5.94. The maximum Gasteiger partial charge on any atom is 0.295 e. The van der Waals surface area contributed by atoms with Gasteiger partial charge < -0.3 is 16.0 Å². The van der Waals surface area contributed by atoms with Crippen molar-refractivity contribution in [1.82, 2.24) is 9.36 Å². The molecule has 1 heterocycles. The number of carbonyl (C=O) groups is 1. The fraction of sp³-hybridized carbons (Fsp3) is 0.148. The number of benzene rings is 3. The maximum absolute atomic E-state index is 13.1. The summed E-state index contributed by atoms with van der Waals surface area (Å²) in [5.74, 6) is -0.382. The van der Waals surface area contributed by atoms with E-state index in [0.717, 1.165) is 11.4 Å². The summed E-state index contributed by atoms with van der Waals surface area (Å²) in [5.41, 5.74) is 5.64. The lowest BCUT2D eigenvalue weighted by atomic mass is 10.1. The van der Waals surface area contributed by atoms with E-state index in [4.69, 9.17) is 12.2 Å². The number of nitrogens with one attached hydrogen (secondary N) is 3. The van der Waals surface area contributed by atoms with Crippen LogP contribution in [0.3, 0.4) is 0 Å². The number of rotatable bonds is 5. The molecule has 1 amide bonds. The summed E-state index contributed by atoms with van der Waals surface area (Å²) in [4.78, 5) is 26.1. The van der Waals surface area contributed by atoms with E-state index < -0.39 is 0 Å². The molecule has 4 rings (SSSR count). The topological polar surface area (TPSA) is 80.1 Å². The Kier molecular flexibility index (Phi) is 6.84. The van der Waals surface area contributed by atoms with Crippen LogP contribution in [0.15, 0.2) is 77.6 Å². The molecule has 0 aliphatic carbocycles. The first-order chi connectivity index (χ1) is 16.7. The Hall–Kier alpha value is -4.17. The molecule has 3 N–H and O–H groups in total. The number of para-hydroxylation sites is 1. The minimum atomic E-state index is -0.382. The molecule has 3 aromatic carbocycles. The number of anilines is 3. The van der Waals surface area contributed by atoms with E-state index in [0.29, 0.717) is 22.1 Å². The molecule has 0 fully saturated rings. The zero-order valence-corrected chi connectivity index (χ0v) is 20.9. The molecule has 1 aromatic heterocycles. The highest BCUT2D eigenvalue weighted by molar-refractivity contribution is 7.80. The summed E-state index contributed by atoms with van der Waals surface area (Å²) >= 11 is 5.44. The number of hydrogen-bond acceptors (Lipinski definition) is 3. The normalized spacial score (nSPS) is 10.6. The number of thiocarbonyl (C=S) groups is 1. The van der Waals surface area contributed by atoms with Gasteiger partial charge in [0.15, 0.2) is 5.11 Å². The van der Waals surface area contributed by atoms with Crippen molar-refractivity contribution in [3.05, 3.63) is 106 Å². The Balaban J connectivity index is 1.50. The fourth-order valence-corrected chi connectivity index (χ4v) is 3.98. The van der Waals surface area contributed by atoms with Crippen LogP contribution >= 0.6 is 12.2 Å². The Morgan fingerprint density at radius 2 is 1.49 bits per heavy atom. The minimum absolute atomic E-state index is 0.242. The summed E-state index contributed by atoms with van der Waals surface area (Å²) in [6.07, 6.45) is 0. The summed E-state index contributed by atoms with van der Waals surface area (Å²) in [6.45, 7) is 5.90. The number of carbonyl (C=O) groups excluding carboxylic acids is 1. The molecule has 0 unspecified atom stereocenters. The third-order valence-corrected chi connectivity index (χ3v) is 6.14. The number of hydrogen-bond donors (Lipinski definition) is 3. The van der Waals surface area contributed by atoms with Gasteiger partial charge >= 0.3 is 0 Å². The van der Waals surface area contributed by atoms with Gasteiger partial charge in [-0.3, -0.25) is 14.3 Å². The second-order valence-electron chi connectivity index (χ2n) is 8.35. The Morgan fingerprint density at radius 1 is 0.800 bits per heavy atom. The molecule has 178 valence electrons. The smallest absolute Gasteiger partial charge is 0.295 e. The van der Waals surface area contributed by atoms with Crippen LogP contribution in [-0.4, -0.2) is 20.4 Å². The van der Waals surface area contributed by atoms with E-state index in [1.54, 1.807) is 36.9 Å². The molecule has 0 spiro atoms. The average Bonchev–Trinajstić information content (AvgIpc) is 3.05. The summed E-state index contributed by atoms with van der Waals surface area (Å²) in [5, 5.41) is 9.47. The van der Waals surface area contributed by atoms with Gasteiger partial charge in [0.25, 0.3) is 11.5 Å². The summed E-state index contributed by atoms with van der Waals surface area (Å²) < 4.78 is 3.25. The molecule has 0 radical (unpaired) electrons. The molecule has 0 aliphatic heterocycles. The number of amides is 1. The lowest BCUT2D eigenvalue weighted by molar-refractivity contribution is 0.102. The molecule has 0 aliphatic rings. The standard InChI is InChI=1S/C27H27N5O2S/c1-17-13-14-22(15-18(17)2)29-27(35)28-21-10-8-9-20(16-21)25(33)30-24-19(3)31(4)32(26(24)34)23-11-6-5-7-12-23/h5-16H,1-4H3,(H,30,33)(H2,28,29,35). The van der Waals surface area contributed by atoms with Gasteiger partial charge in [-0.2, -0.15) is 0 Å². The first kappa shape index (κ1) is 24.0. The molecule has 35 heavy (non-hydrogen) atoms. The van der Waals surface area contributed by atoms with E-state index in [1.165, 1.54) is 15.8 Å². The summed E-state index contributed by atoms with van der Waals surface area (Å²) in [6, 6.07) is 22.3. The number of aromatic nitrogens is 2. The maximum atomic E-state index is 13.1. The van der Waals surface area contributed by atoms with Crippen molar-refractivity contribution in [3.8, 4) is 5.69 Å². The van der Waals surface area contributed by atoms with Crippen molar-refractivity contribution < 1.29 is 4.79 Å². The monoisotopic (exact) mass is 485 g/mol. The van der Waals surface area contributed by atoms with E-state index in [-0.39, 0.29) is 17.2 Å². The van der Waals surface area contributed by atoms with Gasteiger partial charge in [-0.15, -0.1) is 0 Å². The quantitative estimate of drug-likeness (QED) is 0.340. The van der Waals surface area contributed by atoms with E-state index in [1.807, 2.05) is 61.5 Å². The molecule has 7 nitrogen and oxygen atoms in total. The number of nitrogens with zero attached hydrogens (tertiary/aromatic N) is 2. The molecule has 4 aromatic rings. The molecule has 0 saturated carbocycles. The number of aryl methyl sites for hydroxylation is 2. The minimum Gasteiger partial charge on any atom is -0.332 e. The first-order valence-corrected chi connectivity index (χ1v) is 11.6. The third kappa shape index (κ3) is 5.17. The largest absolute Gasteiger partial charge is 0.332 e. The zero-order chi connectivity index (χ0) is 25.1. The Morgan fingerprint density at radius 3 is 2.17 bits per heavy atom. The van der Waals surface area contributed by atoms with Crippen LogP contribution in [0, 0.1) is 20.8 Å². The van der Waals surface area contributed by atoms with Crippen LogP contribution in [0.4, 0.5) is 17.1 Å². The van der Waals surface area contributed by atoms with Crippen molar-refractivity contribution >= 4 is 40.3 Å². The van der Waals surface area contributed by atoms with E-state index >= 15 is 0 Å². The Labute approximate surface area is 209 Å². The SMILES string of the molecule is Cc1ccc(NC(=S)Nc2cccc(C(=O)Nc3c(C)n(C)n(-c4ccccc4)c3=O)c2)cc1C. The zero-order valence-electron chi connectivity index (χ0n) is 20.0.